The van der Waals surface area contributed by atoms with Crippen LogP contribution in [0.4, 0.5) is 0 Å². The minimum atomic E-state index is 0.585. The van der Waals surface area contributed by atoms with Crippen molar-refractivity contribution >= 4 is 17.3 Å². The average Bonchev–Trinajstić information content (AvgIpc) is 3.29. The second-order valence-corrected chi connectivity index (χ2v) is 7.12. The molecular weight excluding hydrogens is 336 g/mol. The largest absolute Gasteiger partial charge is 0.381 e. The van der Waals surface area contributed by atoms with Gasteiger partial charge in [-0.3, -0.25) is 4.99 Å². The zero-order valence-electron chi connectivity index (χ0n) is 15.6. The van der Waals surface area contributed by atoms with Gasteiger partial charge in [-0.2, -0.15) is 0 Å². The molecule has 2 heterocycles. The number of rotatable bonds is 11. The summed E-state index contributed by atoms with van der Waals surface area (Å²) in [6, 6.07) is 0. The lowest BCUT2D eigenvalue weighted by Crippen LogP contribution is -2.38. The lowest BCUT2D eigenvalue weighted by molar-refractivity contribution is 0.0893. The molecule has 1 unspecified atom stereocenters. The molecule has 0 aliphatic carbocycles. The van der Waals surface area contributed by atoms with Gasteiger partial charge in [-0.05, 0) is 26.2 Å². The fourth-order valence-electron chi connectivity index (χ4n) is 2.60. The van der Waals surface area contributed by atoms with Crippen molar-refractivity contribution in [2.45, 2.75) is 39.5 Å². The number of hydrogen-bond donors (Lipinski definition) is 2. The Labute approximate surface area is 155 Å². The summed E-state index contributed by atoms with van der Waals surface area (Å²) in [6.45, 7) is 10.0. The fraction of sp³-hybridized carbons (Fsp3) is 0.778. The number of ether oxygens (including phenoxy) is 2. The summed E-state index contributed by atoms with van der Waals surface area (Å²) in [4.78, 5) is 9.20. The Balaban J connectivity index is 1.58. The van der Waals surface area contributed by atoms with Crippen molar-refractivity contribution < 1.29 is 9.47 Å². The van der Waals surface area contributed by atoms with Crippen LogP contribution in [0.1, 0.15) is 37.4 Å². The van der Waals surface area contributed by atoms with Crippen LogP contribution in [0.15, 0.2) is 10.4 Å². The molecule has 2 rings (SSSR count). The third kappa shape index (κ3) is 8.16. The third-order valence-corrected chi connectivity index (χ3v) is 5.06. The maximum Gasteiger partial charge on any atom is 0.191 e. The van der Waals surface area contributed by atoms with E-state index in [2.05, 4.69) is 39.8 Å². The predicted molar refractivity (Wildman–Crippen MR) is 104 cm³/mol. The maximum atomic E-state index is 5.71. The Hall–Kier alpha value is -1.18. The highest BCUT2D eigenvalue weighted by Crippen LogP contribution is 2.12. The molecule has 1 saturated heterocycles. The maximum absolute atomic E-state index is 5.71. The van der Waals surface area contributed by atoms with E-state index in [9.17, 15) is 0 Å². The van der Waals surface area contributed by atoms with E-state index in [1.165, 1.54) is 5.01 Å². The number of aryl methyl sites for hydroxylation is 1. The fourth-order valence-corrected chi connectivity index (χ4v) is 3.38. The van der Waals surface area contributed by atoms with Gasteiger partial charge in [0, 0.05) is 50.6 Å². The number of hydrogen-bond acceptors (Lipinski definition) is 5. The van der Waals surface area contributed by atoms with Crippen LogP contribution in [0.2, 0.25) is 0 Å². The van der Waals surface area contributed by atoms with E-state index in [0.29, 0.717) is 5.92 Å². The quantitative estimate of drug-likeness (QED) is 0.356. The Kier molecular flexibility index (Phi) is 9.84. The van der Waals surface area contributed by atoms with Gasteiger partial charge in [0.05, 0.1) is 23.9 Å². The highest BCUT2D eigenvalue weighted by Gasteiger charge is 2.15. The second kappa shape index (κ2) is 12.2. The van der Waals surface area contributed by atoms with Crippen LogP contribution in [-0.4, -0.2) is 57.0 Å². The Morgan fingerprint density at radius 3 is 3.08 bits per heavy atom. The van der Waals surface area contributed by atoms with Crippen LogP contribution in [0.25, 0.3) is 0 Å². The molecule has 0 aromatic carbocycles. The Bertz CT molecular complexity index is 501. The van der Waals surface area contributed by atoms with Crippen LogP contribution >= 0.6 is 11.3 Å². The first-order chi connectivity index (χ1) is 12.3. The van der Waals surface area contributed by atoms with E-state index in [1.807, 2.05) is 0 Å². The molecule has 1 atom stereocenters. The molecule has 0 amide bonds. The van der Waals surface area contributed by atoms with Crippen molar-refractivity contribution in [3.63, 3.8) is 0 Å². The summed E-state index contributed by atoms with van der Waals surface area (Å²) in [5.41, 5.74) is 1.16. The van der Waals surface area contributed by atoms with Gasteiger partial charge in [-0.25, -0.2) is 4.98 Å². The van der Waals surface area contributed by atoms with Crippen LogP contribution in [0.5, 0.6) is 0 Å². The van der Waals surface area contributed by atoms with Crippen molar-refractivity contribution in [2.75, 3.05) is 46.1 Å². The van der Waals surface area contributed by atoms with Crippen molar-refractivity contribution in [1.29, 1.82) is 0 Å². The lowest BCUT2D eigenvalue weighted by Gasteiger charge is -2.11. The Morgan fingerprint density at radius 2 is 2.36 bits per heavy atom. The van der Waals surface area contributed by atoms with E-state index in [-0.39, 0.29) is 0 Å². The SMILES string of the molecule is CCNC(=NCCCOCC1CCOC1)NCCc1csc(CC)n1. The summed E-state index contributed by atoms with van der Waals surface area (Å²) >= 11 is 1.74. The van der Waals surface area contributed by atoms with Crippen LogP contribution in [-0.2, 0) is 22.3 Å². The second-order valence-electron chi connectivity index (χ2n) is 6.18. The minimum Gasteiger partial charge on any atom is -0.381 e. The van der Waals surface area contributed by atoms with Crippen LogP contribution in [0, 0.1) is 5.92 Å². The van der Waals surface area contributed by atoms with Gasteiger partial charge < -0.3 is 20.1 Å². The molecule has 2 N–H and O–H groups in total. The Morgan fingerprint density at radius 1 is 1.44 bits per heavy atom. The normalized spacial score (nSPS) is 17.8. The van der Waals surface area contributed by atoms with E-state index in [1.54, 1.807) is 11.3 Å². The molecule has 1 aromatic rings. The van der Waals surface area contributed by atoms with Gasteiger partial charge in [-0.15, -0.1) is 11.3 Å². The molecule has 1 aliphatic heterocycles. The van der Waals surface area contributed by atoms with Crippen molar-refractivity contribution in [1.82, 2.24) is 15.6 Å². The standard InChI is InChI=1S/C18H32N4O2S/c1-3-17-22-16(14-25-17)6-9-21-18(19-4-2)20-8-5-10-23-12-15-7-11-24-13-15/h14-15H,3-13H2,1-2H3,(H2,19,20,21). The number of thiazole rings is 1. The average molecular weight is 369 g/mol. The summed E-state index contributed by atoms with van der Waals surface area (Å²) in [5.74, 6) is 1.46. The smallest absolute Gasteiger partial charge is 0.191 e. The molecule has 7 heteroatoms. The van der Waals surface area contributed by atoms with Crippen molar-refractivity contribution in [3.8, 4) is 0 Å². The third-order valence-electron chi connectivity index (χ3n) is 4.01. The summed E-state index contributed by atoms with van der Waals surface area (Å²) in [7, 11) is 0. The summed E-state index contributed by atoms with van der Waals surface area (Å²) in [6.07, 6.45) is 4.01. The van der Waals surface area contributed by atoms with Crippen LogP contribution in [0.3, 0.4) is 0 Å². The first kappa shape index (κ1) is 20.1. The van der Waals surface area contributed by atoms with E-state index >= 15 is 0 Å². The zero-order chi connectivity index (χ0) is 17.7. The predicted octanol–water partition coefficient (Wildman–Crippen LogP) is 2.25. The van der Waals surface area contributed by atoms with Gasteiger partial charge >= 0.3 is 0 Å². The zero-order valence-corrected chi connectivity index (χ0v) is 16.4. The first-order valence-corrected chi connectivity index (χ1v) is 10.3. The number of nitrogens with zero attached hydrogens (tertiary/aromatic N) is 2. The van der Waals surface area contributed by atoms with Gasteiger partial charge in [0.1, 0.15) is 0 Å². The number of aromatic nitrogens is 1. The summed E-state index contributed by atoms with van der Waals surface area (Å²) in [5, 5.41) is 10.0. The highest BCUT2D eigenvalue weighted by molar-refractivity contribution is 7.09. The molecule has 25 heavy (non-hydrogen) atoms. The molecule has 1 aliphatic rings. The van der Waals surface area contributed by atoms with E-state index < -0.39 is 0 Å². The number of guanidine groups is 1. The molecule has 0 bridgehead atoms. The van der Waals surface area contributed by atoms with Crippen LogP contribution < -0.4 is 10.6 Å². The van der Waals surface area contributed by atoms with Gasteiger partial charge in [0.25, 0.3) is 0 Å². The molecule has 6 nitrogen and oxygen atoms in total. The molecule has 1 fully saturated rings. The first-order valence-electron chi connectivity index (χ1n) is 9.42. The lowest BCUT2D eigenvalue weighted by atomic mass is 10.1. The minimum absolute atomic E-state index is 0.585. The van der Waals surface area contributed by atoms with E-state index in [4.69, 9.17) is 9.47 Å². The number of nitrogens with one attached hydrogen (secondary N) is 2. The van der Waals surface area contributed by atoms with Gasteiger partial charge in [0.2, 0.25) is 0 Å². The molecule has 1 aromatic heterocycles. The topological polar surface area (TPSA) is 67.8 Å². The molecule has 0 saturated carbocycles. The number of aliphatic imine (C=N–C) groups is 1. The monoisotopic (exact) mass is 368 g/mol. The highest BCUT2D eigenvalue weighted by atomic mass is 32.1. The molecule has 142 valence electrons. The molecule has 0 spiro atoms. The van der Waals surface area contributed by atoms with Gasteiger partial charge in [0.15, 0.2) is 5.96 Å². The van der Waals surface area contributed by atoms with Crippen molar-refractivity contribution in [2.24, 2.45) is 10.9 Å². The molecular formula is C18H32N4O2S. The van der Waals surface area contributed by atoms with Gasteiger partial charge in [-0.1, -0.05) is 6.92 Å². The summed E-state index contributed by atoms with van der Waals surface area (Å²) < 4.78 is 11.1. The molecule has 0 radical (unpaired) electrons. The van der Waals surface area contributed by atoms with E-state index in [0.717, 1.165) is 83.4 Å². The van der Waals surface area contributed by atoms with Crippen molar-refractivity contribution in [3.05, 3.63) is 16.1 Å².